The molecule has 1 heterocycles. The van der Waals surface area contributed by atoms with Gasteiger partial charge in [-0.05, 0) is 17.6 Å². The molecule has 0 bridgehead atoms. The summed E-state index contributed by atoms with van der Waals surface area (Å²) < 4.78 is 0. The van der Waals surface area contributed by atoms with E-state index in [1.54, 1.807) is 12.3 Å². The first-order valence-corrected chi connectivity index (χ1v) is 5.46. The number of anilines is 1. The molecule has 1 rings (SSSR count). The first-order valence-electron chi connectivity index (χ1n) is 5.46. The Morgan fingerprint density at radius 3 is 2.82 bits per heavy atom. The van der Waals surface area contributed by atoms with Crippen LogP contribution in [0.15, 0.2) is 30.6 Å². The van der Waals surface area contributed by atoms with E-state index < -0.39 is 0 Å². The number of carbonyl (C=O) groups is 1. The van der Waals surface area contributed by atoms with Crippen LogP contribution < -0.4 is 5.32 Å². The van der Waals surface area contributed by atoms with Crippen LogP contribution in [-0.4, -0.2) is 16.0 Å². The van der Waals surface area contributed by atoms with Crippen molar-refractivity contribution in [2.45, 2.75) is 27.4 Å². The Hall–Kier alpha value is -1.68. The Bertz CT molecular complexity index is 420. The monoisotopic (exact) mass is 234 g/mol. The van der Waals surface area contributed by atoms with Crippen molar-refractivity contribution in [3.8, 4) is 0 Å². The summed E-state index contributed by atoms with van der Waals surface area (Å²) in [6, 6.07) is 1.67. The van der Waals surface area contributed by atoms with Gasteiger partial charge in [0, 0.05) is 11.8 Å². The first-order chi connectivity index (χ1) is 7.92. The average molecular weight is 234 g/mol. The quantitative estimate of drug-likeness (QED) is 0.787. The fraction of sp³-hybridized carbons (Fsp3) is 0.385. The van der Waals surface area contributed by atoms with Gasteiger partial charge >= 0.3 is 0 Å². The molecule has 2 N–H and O–H groups in total. The maximum atomic E-state index is 11.6. The van der Waals surface area contributed by atoms with E-state index in [1.165, 1.54) is 12.3 Å². The summed E-state index contributed by atoms with van der Waals surface area (Å²) in [6.07, 6.45) is 6.42. The summed E-state index contributed by atoms with van der Waals surface area (Å²) in [6.45, 7) is 5.92. The molecule has 0 unspecified atom stereocenters. The van der Waals surface area contributed by atoms with Gasteiger partial charge in [0.15, 0.2) is 0 Å². The van der Waals surface area contributed by atoms with Crippen molar-refractivity contribution in [2.75, 3.05) is 5.32 Å². The summed E-state index contributed by atoms with van der Waals surface area (Å²) in [5.41, 5.74) is 1.16. The highest BCUT2D eigenvalue weighted by atomic mass is 16.3. The van der Waals surface area contributed by atoms with Gasteiger partial charge in [-0.15, -0.1) is 0 Å². The second-order valence-corrected chi connectivity index (χ2v) is 4.88. The molecule has 0 saturated heterocycles. The third kappa shape index (κ3) is 4.78. The van der Waals surface area contributed by atoms with Crippen molar-refractivity contribution >= 4 is 11.6 Å². The molecule has 0 spiro atoms. The molecular weight excluding hydrogens is 216 g/mol. The number of amides is 1. The van der Waals surface area contributed by atoms with Crippen LogP contribution in [0.5, 0.6) is 0 Å². The molecule has 4 nitrogen and oxygen atoms in total. The molecular formula is C13H18N2O2. The molecule has 0 aliphatic rings. The van der Waals surface area contributed by atoms with E-state index in [0.29, 0.717) is 11.3 Å². The second-order valence-electron chi connectivity index (χ2n) is 4.88. The average Bonchev–Trinajstić information content (AvgIpc) is 2.26. The van der Waals surface area contributed by atoms with E-state index in [4.69, 9.17) is 5.11 Å². The standard InChI is InChI=1S/C13H18N2O2/c1-13(2,3)6-4-12(17)15-11-8-14-7-5-10(11)9-16/h4-8,16H,9H2,1-3H3,(H,15,17)/b6-4+. The number of hydrogen-bond acceptors (Lipinski definition) is 3. The number of nitrogens with zero attached hydrogens (tertiary/aromatic N) is 1. The van der Waals surface area contributed by atoms with Crippen molar-refractivity contribution in [2.24, 2.45) is 5.41 Å². The molecule has 1 aromatic heterocycles. The van der Waals surface area contributed by atoms with Gasteiger partial charge in [0.1, 0.15) is 0 Å². The maximum Gasteiger partial charge on any atom is 0.248 e. The number of hydrogen-bond donors (Lipinski definition) is 2. The summed E-state index contributed by atoms with van der Waals surface area (Å²) in [7, 11) is 0. The highest BCUT2D eigenvalue weighted by molar-refractivity contribution is 5.99. The Morgan fingerprint density at radius 2 is 2.24 bits per heavy atom. The van der Waals surface area contributed by atoms with E-state index in [1.807, 2.05) is 26.8 Å². The van der Waals surface area contributed by atoms with Crippen LogP contribution in [-0.2, 0) is 11.4 Å². The summed E-state index contributed by atoms with van der Waals surface area (Å²) in [5, 5.41) is 11.8. The number of aliphatic hydroxyl groups is 1. The molecule has 17 heavy (non-hydrogen) atoms. The SMILES string of the molecule is CC(C)(C)/C=C/C(=O)Nc1cnccc1CO. The molecule has 0 aliphatic heterocycles. The molecule has 0 radical (unpaired) electrons. The van der Waals surface area contributed by atoms with Crippen LogP contribution in [0.4, 0.5) is 5.69 Å². The van der Waals surface area contributed by atoms with Crippen molar-refractivity contribution in [1.29, 1.82) is 0 Å². The number of nitrogens with one attached hydrogen (secondary N) is 1. The number of aromatic nitrogens is 1. The number of aliphatic hydroxyl groups excluding tert-OH is 1. The minimum Gasteiger partial charge on any atom is -0.392 e. The van der Waals surface area contributed by atoms with Gasteiger partial charge in [0.25, 0.3) is 0 Å². The molecule has 0 fully saturated rings. The Morgan fingerprint density at radius 1 is 1.53 bits per heavy atom. The summed E-state index contributed by atoms with van der Waals surface area (Å²) in [4.78, 5) is 15.5. The highest BCUT2D eigenvalue weighted by Gasteiger charge is 2.07. The third-order valence-electron chi connectivity index (χ3n) is 2.07. The van der Waals surface area contributed by atoms with Gasteiger partial charge in [-0.1, -0.05) is 26.8 Å². The topological polar surface area (TPSA) is 62.2 Å². The molecule has 0 aliphatic carbocycles. The van der Waals surface area contributed by atoms with Crippen LogP contribution in [0.1, 0.15) is 26.3 Å². The van der Waals surface area contributed by atoms with Crippen molar-refractivity contribution in [1.82, 2.24) is 4.98 Å². The summed E-state index contributed by atoms with van der Waals surface area (Å²) in [5.74, 6) is -0.220. The van der Waals surface area contributed by atoms with Crippen LogP contribution in [0.3, 0.4) is 0 Å². The zero-order valence-corrected chi connectivity index (χ0v) is 10.4. The van der Waals surface area contributed by atoms with E-state index in [2.05, 4.69) is 10.3 Å². The summed E-state index contributed by atoms with van der Waals surface area (Å²) >= 11 is 0. The fourth-order valence-corrected chi connectivity index (χ4v) is 1.17. The van der Waals surface area contributed by atoms with Crippen molar-refractivity contribution in [3.05, 3.63) is 36.2 Å². The number of pyridine rings is 1. The van der Waals surface area contributed by atoms with E-state index in [-0.39, 0.29) is 17.9 Å². The predicted octanol–water partition coefficient (Wildman–Crippen LogP) is 2.11. The number of allylic oxidation sites excluding steroid dienone is 1. The smallest absolute Gasteiger partial charge is 0.248 e. The molecule has 0 atom stereocenters. The molecule has 0 saturated carbocycles. The molecule has 0 aromatic carbocycles. The predicted molar refractivity (Wildman–Crippen MR) is 67.4 cm³/mol. The first kappa shape index (κ1) is 13.4. The lowest BCUT2D eigenvalue weighted by Gasteiger charge is -2.11. The van der Waals surface area contributed by atoms with Gasteiger partial charge in [-0.25, -0.2) is 0 Å². The number of carbonyl (C=O) groups excluding carboxylic acids is 1. The van der Waals surface area contributed by atoms with Crippen LogP contribution >= 0.6 is 0 Å². The lowest BCUT2D eigenvalue weighted by atomic mass is 9.96. The Kier molecular flexibility index (Phi) is 4.40. The van der Waals surface area contributed by atoms with Crippen LogP contribution in [0.2, 0.25) is 0 Å². The van der Waals surface area contributed by atoms with E-state index in [9.17, 15) is 4.79 Å². The maximum absolute atomic E-state index is 11.6. The lowest BCUT2D eigenvalue weighted by molar-refractivity contribution is -0.112. The number of rotatable bonds is 3. The zero-order chi connectivity index (χ0) is 12.9. The van der Waals surface area contributed by atoms with Crippen LogP contribution in [0.25, 0.3) is 0 Å². The fourth-order valence-electron chi connectivity index (χ4n) is 1.17. The van der Waals surface area contributed by atoms with Gasteiger partial charge in [0.2, 0.25) is 5.91 Å². The van der Waals surface area contributed by atoms with Crippen molar-refractivity contribution < 1.29 is 9.90 Å². The Labute approximate surface area is 101 Å². The van der Waals surface area contributed by atoms with E-state index in [0.717, 1.165) is 0 Å². The highest BCUT2D eigenvalue weighted by Crippen LogP contribution is 2.16. The molecule has 92 valence electrons. The van der Waals surface area contributed by atoms with Gasteiger partial charge in [0.05, 0.1) is 18.5 Å². The van der Waals surface area contributed by atoms with Crippen molar-refractivity contribution in [3.63, 3.8) is 0 Å². The largest absolute Gasteiger partial charge is 0.392 e. The minimum atomic E-state index is -0.220. The van der Waals surface area contributed by atoms with Gasteiger partial charge in [-0.3, -0.25) is 9.78 Å². The van der Waals surface area contributed by atoms with Crippen LogP contribution in [0, 0.1) is 5.41 Å². The van der Waals surface area contributed by atoms with Gasteiger partial charge in [-0.2, -0.15) is 0 Å². The zero-order valence-electron chi connectivity index (χ0n) is 10.4. The minimum absolute atomic E-state index is 0.0356. The second kappa shape index (κ2) is 5.59. The lowest BCUT2D eigenvalue weighted by Crippen LogP contribution is -2.11. The third-order valence-corrected chi connectivity index (χ3v) is 2.07. The Balaban J connectivity index is 2.72. The molecule has 1 aromatic rings. The van der Waals surface area contributed by atoms with Gasteiger partial charge < -0.3 is 10.4 Å². The normalized spacial score (nSPS) is 11.8. The molecule has 4 heteroatoms. The van der Waals surface area contributed by atoms with E-state index >= 15 is 0 Å². The molecule has 1 amide bonds.